The maximum Gasteiger partial charge on any atom is -0.00188 e. The summed E-state index contributed by atoms with van der Waals surface area (Å²) in [5.41, 5.74) is 0. The van der Waals surface area contributed by atoms with E-state index >= 15 is 0 Å². The van der Waals surface area contributed by atoms with Gasteiger partial charge in [0.05, 0.1) is 0 Å². The summed E-state index contributed by atoms with van der Waals surface area (Å²) in [6, 6.07) is 0. The summed E-state index contributed by atoms with van der Waals surface area (Å²) in [4.78, 5) is 5.27. The van der Waals surface area contributed by atoms with Gasteiger partial charge in [-0.2, -0.15) is 0 Å². The molecule has 0 saturated carbocycles. The fourth-order valence-corrected chi connectivity index (χ4v) is 2.96. The van der Waals surface area contributed by atoms with Gasteiger partial charge in [-0.3, -0.25) is 0 Å². The predicted octanol–water partition coefficient (Wildman–Crippen LogP) is 5.73. The molecule has 4 nitrogen and oxygen atoms in total. The Balaban J connectivity index is -0.000000192. The Morgan fingerprint density at radius 2 is 0.464 bits per heavy atom. The van der Waals surface area contributed by atoms with Crippen molar-refractivity contribution >= 4 is 0 Å². The van der Waals surface area contributed by atoms with Gasteiger partial charge in [-0.25, -0.2) is 0 Å². The first-order valence-electron chi connectivity index (χ1n) is 12.1. The molecule has 4 N–H and O–H groups in total. The van der Waals surface area contributed by atoms with Crippen LogP contribution in [-0.4, -0.2) is 60.0 Å². The van der Waals surface area contributed by atoms with Crippen molar-refractivity contribution in [2.45, 2.75) is 119 Å². The van der Waals surface area contributed by atoms with Gasteiger partial charge in [0.25, 0.3) is 0 Å². The van der Waals surface area contributed by atoms with Crippen LogP contribution in [0.25, 0.3) is 0 Å². The topological polar surface area (TPSA) is 69.5 Å². The largest absolute Gasteiger partial charge is 0.412 e. The minimum absolute atomic E-state index is 0. The van der Waals surface area contributed by atoms with Gasteiger partial charge in [0.15, 0.2) is 0 Å². The van der Waals surface area contributed by atoms with E-state index < -0.39 is 0 Å². The fraction of sp³-hybridized carbons (Fsp3) is 1.00. The van der Waals surface area contributed by atoms with Crippen molar-refractivity contribution in [3.05, 3.63) is 0 Å². The van der Waals surface area contributed by atoms with E-state index in [9.17, 15) is 0 Å². The second-order valence-corrected chi connectivity index (χ2v) is 7.80. The SMILES string of the molecule is CCCCN(CCCC)CCCC.CCCCN(CCCC)CCCC.O.O. The Bertz CT molecular complexity index is 179. The summed E-state index contributed by atoms with van der Waals surface area (Å²) in [6.07, 6.45) is 16.2. The molecule has 0 amide bonds. The molecule has 0 aliphatic carbocycles. The van der Waals surface area contributed by atoms with Crippen LogP contribution >= 0.6 is 0 Å². The zero-order valence-electron chi connectivity index (χ0n) is 20.6. The van der Waals surface area contributed by atoms with Crippen molar-refractivity contribution in [1.29, 1.82) is 0 Å². The van der Waals surface area contributed by atoms with Gasteiger partial charge in [-0.15, -0.1) is 0 Å². The van der Waals surface area contributed by atoms with Crippen LogP contribution in [0.2, 0.25) is 0 Å². The Labute approximate surface area is 179 Å². The van der Waals surface area contributed by atoms with Crippen molar-refractivity contribution in [1.82, 2.24) is 9.80 Å². The lowest BCUT2D eigenvalue weighted by Gasteiger charge is -2.21. The third-order valence-electron chi connectivity index (χ3n) is 4.97. The molecule has 0 aromatic carbocycles. The molecule has 0 aromatic rings. The lowest BCUT2D eigenvalue weighted by Crippen LogP contribution is -2.27. The summed E-state index contributed by atoms with van der Waals surface area (Å²) in [7, 11) is 0. The van der Waals surface area contributed by atoms with Gasteiger partial charge in [0.1, 0.15) is 0 Å². The fourth-order valence-electron chi connectivity index (χ4n) is 2.96. The minimum atomic E-state index is 0. The van der Waals surface area contributed by atoms with Gasteiger partial charge in [-0.1, -0.05) is 80.1 Å². The van der Waals surface area contributed by atoms with Crippen molar-refractivity contribution in [2.75, 3.05) is 39.3 Å². The highest BCUT2D eigenvalue weighted by molar-refractivity contribution is 4.58. The maximum atomic E-state index is 2.64. The van der Waals surface area contributed by atoms with Crippen LogP contribution in [0.1, 0.15) is 119 Å². The number of hydrogen-bond donors (Lipinski definition) is 0. The van der Waals surface area contributed by atoms with Crippen LogP contribution in [-0.2, 0) is 0 Å². The molecule has 176 valence electrons. The van der Waals surface area contributed by atoms with Crippen molar-refractivity contribution in [2.24, 2.45) is 0 Å². The van der Waals surface area contributed by atoms with Crippen LogP contribution in [0.4, 0.5) is 0 Å². The highest BCUT2D eigenvalue weighted by Gasteiger charge is 2.02. The number of unbranched alkanes of at least 4 members (excludes halogenated alkanes) is 6. The normalized spacial score (nSPS) is 10.3. The summed E-state index contributed by atoms with van der Waals surface area (Å²) < 4.78 is 0. The second kappa shape index (κ2) is 31.5. The zero-order valence-corrected chi connectivity index (χ0v) is 20.6. The number of nitrogens with zero attached hydrogens (tertiary/aromatic N) is 2. The Morgan fingerprint density at radius 3 is 0.571 bits per heavy atom. The monoisotopic (exact) mass is 406 g/mol. The summed E-state index contributed by atoms with van der Waals surface area (Å²) >= 11 is 0. The van der Waals surface area contributed by atoms with E-state index in [1.54, 1.807) is 0 Å². The van der Waals surface area contributed by atoms with Crippen molar-refractivity contribution in [3.8, 4) is 0 Å². The average Bonchev–Trinajstić information content (AvgIpc) is 2.67. The van der Waals surface area contributed by atoms with E-state index in [0.717, 1.165) is 0 Å². The van der Waals surface area contributed by atoms with E-state index in [1.165, 1.54) is 116 Å². The minimum Gasteiger partial charge on any atom is -0.412 e. The molecule has 0 atom stereocenters. The van der Waals surface area contributed by atoms with Crippen molar-refractivity contribution in [3.63, 3.8) is 0 Å². The quantitative estimate of drug-likeness (QED) is 0.292. The standard InChI is InChI=1S/2C12H27N.2H2O/c2*1-4-7-10-13(11-8-5-2)12-9-6-3;;/h2*4-12H2,1-3H3;2*1H2. The molecule has 0 aromatic heterocycles. The van der Waals surface area contributed by atoms with Gasteiger partial charge < -0.3 is 20.8 Å². The van der Waals surface area contributed by atoms with E-state index in [2.05, 4.69) is 51.3 Å². The molecule has 0 aliphatic rings. The molecule has 0 saturated heterocycles. The van der Waals surface area contributed by atoms with Gasteiger partial charge in [-0.05, 0) is 77.8 Å². The number of rotatable bonds is 18. The maximum absolute atomic E-state index is 2.64. The first-order valence-corrected chi connectivity index (χ1v) is 12.1. The third kappa shape index (κ3) is 28.1. The Hall–Kier alpha value is -0.160. The molecule has 0 unspecified atom stereocenters. The van der Waals surface area contributed by atoms with Crippen LogP contribution in [0.15, 0.2) is 0 Å². The van der Waals surface area contributed by atoms with E-state index in [4.69, 9.17) is 0 Å². The third-order valence-corrected chi connectivity index (χ3v) is 4.97. The first-order chi connectivity index (χ1) is 12.7. The van der Waals surface area contributed by atoms with Crippen LogP contribution in [0.5, 0.6) is 0 Å². The molecular weight excluding hydrogens is 348 g/mol. The van der Waals surface area contributed by atoms with Gasteiger partial charge in [0, 0.05) is 0 Å². The van der Waals surface area contributed by atoms with E-state index in [-0.39, 0.29) is 11.0 Å². The highest BCUT2D eigenvalue weighted by Crippen LogP contribution is 2.02. The predicted molar refractivity (Wildman–Crippen MR) is 130 cm³/mol. The highest BCUT2D eigenvalue weighted by atomic mass is 16.0. The molecule has 0 rings (SSSR count). The van der Waals surface area contributed by atoms with Crippen LogP contribution in [0.3, 0.4) is 0 Å². The Morgan fingerprint density at radius 1 is 0.321 bits per heavy atom. The van der Waals surface area contributed by atoms with Crippen LogP contribution < -0.4 is 0 Å². The summed E-state index contributed by atoms with van der Waals surface area (Å²) in [5.74, 6) is 0. The molecule has 0 radical (unpaired) electrons. The zero-order chi connectivity index (χ0) is 19.9. The first kappa shape index (κ1) is 35.3. The Kier molecular flexibility index (Phi) is 39.7. The molecular formula is C24H58N2O2. The summed E-state index contributed by atoms with van der Waals surface area (Å²) in [5, 5.41) is 0. The van der Waals surface area contributed by atoms with Gasteiger partial charge >= 0.3 is 0 Å². The molecule has 0 heterocycles. The smallest absolute Gasteiger partial charge is 0.00188 e. The van der Waals surface area contributed by atoms with Crippen molar-refractivity contribution < 1.29 is 11.0 Å². The lowest BCUT2D eigenvalue weighted by molar-refractivity contribution is 0.261. The van der Waals surface area contributed by atoms with E-state index in [1.807, 2.05) is 0 Å². The lowest BCUT2D eigenvalue weighted by atomic mass is 10.2. The summed E-state index contributed by atoms with van der Waals surface area (Å²) in [6.45, 7) is 21.5. The molecule has 0 bridgehead atoms. The number of hydrogen-bond acceptors (Lipinski definition) is 2. The molecule has 0 spiro atoms. The molecule has 4 heteroatoms. The van der Waals surface area contributed by atoms with E-state index in [0.29, 0.717) is 0 Å². The molecule has 28 heavy (non-hydrogen) atoms. The molecule has 0 aliphatic heterocycles. The molecule has 0 fully saturated rings. The van der Waals surface area contributed by atoms with Crippen LogP contribution in [0, 0.1) is 0 Å². The average molecular weight is 407 g/mol. The van der Waals surface area contributed by atoms with Gasteiger partial charge in [0.2, 0.25) is 0 Å². The second-order valence-electron chi connectivity index (χ2n) is 7.80.